The predicted octanol–water partition coefficient (Wildman–Crippen LogP) is 0.243. The third-order valence-corrected chi connectivity index (χ3v) is 4.98. The average Bonchev–Trinajstić information content (AvgIpc) is 2.97. The number of carbonyl (C=O) groups excluding carboxylic acids is 1. The zero-order valence-corrected chi connectivity index (χ0v) is 15.4. The van der Waals surface area contributed by atoms with Crippen LogP contribution < -0.4 is 9.80 Å². The number of anilines is 2. The first-order valence-electron chi connectivity index (χ1n) is 8.57. The lowest BCUT2D eigenvalue weighted by Gasteiger charge is -2.50. The Balaban J connectivity index is 1.55. The van der Waals surface area contributed by atoms with Gasteiger partial charge in [0.15, 0.2) is 0 Å². The van der Waals surface area contributed by atoms with Crippen LogP contribution in [0, 0.1) is 5.92 Å². The van der Waals surface area contributed by atoms with Gasteiger partial charge in [-0.25, -0.2) is 9.97 Å². The Morgan fingerprint density at radius 1 is 1.36 bits per heavy atom. The molecule has 3 heterocycles. The van der Waals surface area contributed by atoms with E-state index in [4.69, 9.17) is 9.47 Å². The highest BCUT2D eigenvalue weighted by molar-refractivity contribution is 5.76. The lowest BCUT2D eigenvalue weighted by molar-refractivity contribution is -0.135. The Morgan fingerprint density at radius 3 is 2.80 bits per heavy atom. The van der Waals surface area contributed by atoms with Gasteiger partial charge in [0.25, 0.3) is 0 Å². The maximum atomic E-state index is 11.6. The lowest BCUT2D eigenvalue weighted by atomic mass is 9.81. The topological polar surface area (TPSA) is 71.0 Å². The molecule has 8 heteroatoms. The largest absolute Gasteiger partial charge is 0.371 e. The molecule has 2 saturated heterocycles. The molecule has 1 atom stereocenters. The summed E-state index contributed by atoms with van der Waals surface area (Å²) in [7, 11) is 7.40. The first-order chi connectivity index (χ1) is 11.9. The van der Waals surface area contributed by atoms with Crippen molar-refractivity contribution in [2.45, 2.75) is 12.0 Å². The Labute approximate surface area is 148 Å². The van der Waals surface area contributed by atoms with Crippen molar-refractivity contribution in [2.75, 3.05) is 70.9 Å². The molecule has 0 bridgehead atoms. The van der Waals surface area contributed by atoms with Gasteiger partial charge in [0.1, 0.15) is 30.2 Å². The molecule has 3 rings (SSSR count). The standard InChI is InChI=1S/C17H27N5O3/c1-20(2)14-7-15(19-12-18-14)22-10-17(11-22)13(5-6-25-17)8-24-9-16(23)21(3)4/h7,12-13H,5-6,8-11H2,1-4H3/t13-/m0/s1. The number of aromatic nitrogens is 2. The predicted molar refractivity (Wildman–Crippen MR) is 94.9 cm³/mol. The van der Waals surface area contributed by atoms with Gasteiger partial charge in [-0.2, -0.15) is 0 Å². The van der Waals surface area contributed by atoms with E-state index in [0.717, 1.165) is 37.8 Å². The highest BCUT2D eigenvalue weighted by Crippen LogP contribution is 2.41. The fourth-order valence-electron chi connectivity index (χ4n) is 3.30. The first kappa shape index (κ1) is 17.9. The van der Waals surface area contributed by atoms with Gasteiger partial charge in [-0.3, -0.25) is 4.79 Å². The minimum atomic E-state index is -0.176. The summed E-state index contributed by atoms with van der Waals surface area (Å²) in [5, 5.41) is 0. The molecule has 0 unspecified atom stereocenters. The van der Waals surface area contributed by atoms with Crippen LogP contribution in [0.25, 0.3) is 0 Å². The van der Waals surface area contributed by atoms with Gasteiger partial charge >= 0.3 is 0 Å². The number of likely N-dealkylation sites (N-methyl/N-ethyl adjacent to an activating group) is 1. The molecular weight excluding hydrogens is 322 g/mol. The molecule has 1 amide bonds. The third-order valence-electron chi connectivity index (χ3n) is 4.98. The molecule has 0 radical (unpaired) electrons. The van der Waals surface area contributed by atoms with Crippen LogP contribution in [-0.2, 0) is 14.3 Å². The Bertz CT molecular complexity index is 616. The van der Waals surface area contributed by atoms with E-state index < -0.39 is 0 Å². The summed E-state index contributed by atoms with van der Waals surface area (Å²) in [5.41, 5.74) is -0.176. The number of nitrogens with zero attached hydrogens (tertiary/aromatic N) is 5. The van der Waals surface area contributed by atoms with Crippen LogP contribution in [0.15, 0.2) is 12.4 Å². The summed E-state index contributed by atoms with van der Waals surface area (Å²) in [6.45, 7) is 3.02. The minimum absolute atomic E-state index is 0.0135. The Hall–Kier alpha value is -1.93. The highest BCUT2D eigenvalue weighted by Gasteiger charge is 2.53. The highest BCUT2D eigenvalue weighted by atomic mass is 16.5. The van der Waals surface area contributed by atoms with Crippen LogP contribution in [0.4, 0.5) is 11.6 Å². The molecule has 2 aliphatic rings. The number of rotatable bonds is 6. The van der Waals surface area contributed by atoms with Gasteiger partial charge < -0.3 is 24.2 Å². The number of amides is 1. The van der Waals surface area contributed by atoms with Crippen LogP contribution in [-0.4, -0.2) is 87.5 Å². The van der Waals surface area contributed by atoms with Crippen molar-refractivity contribution in [1.82, 2.24) is 14.9 Å². The fourth-order valence-corrected chi connectivity index (χ4v) is 3.30. The van der Waals surface area contributed by atoms with E-state index >= 15 is 0 Å². The summed E-state index contributed by atoms with van der Waals surface area (Å²) >= 11 is 0. The van der Waals surface area contributed by atoms with E-state index in [9.17, 15) is 4.79 Å². The van der Waals surface area contributed by atoms with Gasteiger partial charge in [-0.1, -0.05) is 0 Å². The van der Waals surface area contributed by atoms with Gasteiger partial charge in [0.05, 0.1) is 19.7 Å². The van der Waals surface area contributed by atoms with Crippen LogP contribution in [0.2, 0.25) is 0 Å². The summed E-state index contributed by atoms with van der Waals surface area (Å²) < 4.78 is 11.7. The summed E-state index contributed by atoms with van der Waals surface area (Å²) in [4.78, 5) is 26.0. The molecule has 0 saturated carbocycles. The first-order valence-corrected chi connectivity index (χ1v) is 8.57. The van der Waals surface area contributed by atoms with E-state index in [1.165, 1.54) is 0 Å². The summed E-state index contributed by atoms with van der Waals surface area (Å²) in [6, 6.07) is 1.99. The molecule has 0 N–H and O–H groups in total. The van der Waals surface area contributed by atoms with E-state index in [0.29, 0.717) is 12.5 Å². The van der Waals surface area contributed by atoms with Crippen molar-refractivity contribution < 1.29 is 14.3 Å². The van der Waals surface area contributed by atoms with Gasteiger partial charge in [-0.05, 0) is 6.42 Å². The smallest absolute Gasteiger partial charge is 0.248 e. The van der Waals surface area contributed by atoms with Crippen molar-refractivity contribution in [2.24, 2.45) is 5.92 Å². The van der Waals surface area contributed by atoms with E-state index in [1.807, 2.05) is 25.1 Å². The van der Waals surface area contributed by atoms with Crippen molar-refractivity contribution in [3.8, 4) is 0 Å². The van der Waals surface area contributed by atoms with Gasteiger partial charge in [0.2, 0.25) is 5.91 Å². The molecule has 0 aliphatic carbocycles. The molecule has 1 aromatic heterocycles. The van der Waals surface area contributed by atoms with Crippen LogP contribution in [0.1, 0.15) is 6.42 Å². The Kier molecular flexibility index (Phi) is 5.10. The summed E-state index contributed by atoms with van der Waals surface area (Å²) in [5.74, 6) is 2.11. The van der Waals surface area contributed by atoms with Crippen LogP contribution >= 0.6 is 0 Å². The fraction of sp³-hybridized carbons (Fsp3) is 0.706. The minimum Gasteiger partial charge on any atom is -0.371 e. The van der Waals surface area contributed by atoms with Crippen molar-refractivity contribution in [1.29, 1.82) is 0 Å². The molecule has 2 fully saturated rings. The second kappa shape index (κ2) is 7.13. The van der Waals surface area contributed by atoms with E-state index in [2.05, 4.69) is 14.9 Å². The SMILES string of the molecule is CN(C)C(=O)COC[C@@H]1CCOC12CN(c1cc(N(C)C)ncn1)C2. The average molecular weight is 349 g/mol. The zero-order chi connectivity index (χ0) is 18.0. The maximum absolute atomic E-state index is 11.6. The number of ether oxygens (including phenoxy) is 2. The molecule has 1 aromatic rings. The van der Waals surface area contributed by atoms with E-state index in [-0.39, 0.29) is 18.1 Å². The van der Waals surface area contributed by atoms with E-state index in [1.54, 1.807) is 25.3 Å². The van der Waals surface area contributed by atoms with Gasteiger partial charge in [0, 0.05) is 46.8 Å². The van der Waals surface area contributed by atoms with Crippen molar-refractivity contribution in [3.63, 3.8) is 0 Å². The van der Waals surface area contributed by atoms with Crippen LogP contribution in [0.3, 0.4) is 0 Å². The molecule has 8 nitrogen and oxygen atoms in total. The number of carbonyl (C=O) groups is 1. The molecule has 2 aliphatic heterocycles. The Morgan fingerprint density at radius 2 is 2.12 bits per heavy atom. The second-order valence-corrected chi connectivity index (χ2v) is 7.19. The third kappa shape index (κ3) is 3.69. The van der Waals surface area contributed by atoms with Gasteiger partial charge in [-0.15, -0.1) is 0 Å². The van der Waals surface area contributed by atoms with Crippen LogP contribution in [0.5, 0.6) is 0 Å². The molecule has 25 heavy (non-hydrogen) atoms. The van der Waals surface area contributed by atoms with Crippen molar-refractivity contribution >= 4 is 17.5 Å². The molecular formula is C17H27N5O3. The maximum Gasteiger partial charge on any atom is 0.248 e. The normalized spacial score (nSPS) is 21.3. The number of hydrogen-bond donors (Lipinski definition) is 0. The van der Waals surface area contributed by atoms with Crippen molar-refractivity contribution in [3.05, 3.63) is 12.4 Å². The lowest BCUT2D eigenvalue weighted by Crippen LogP contribution is -2.65. The monoisotopic (exact) mass is 349 g/mol. The quantitative estimate of drug-likeness (QED) is 0.729. The summed E-state index contributed by atoms with van der Waals surface area (Å²) in [6.07, 6.45) is 2.56. The number of hydrogen-bond acceptors (Lipinski definition) is 7. The molecule has 0 aromatic carbocycles. The second-order valence-electron chi connectivity index (χ2n) is 7.19. The molecule has 1 spiro atoms. The molecule has 138 valence electrons. The zero-order valence-electron chi connectivity index (χ0n) is 15.4.